The highest BCUT2D eigenvalue weighted by atomic mass is 32.1. The molecule has 5 heteroatoms. The Morgan fingerprint density at radius 2 is 2.14 bits per heavy atom. The Labute approximate surface area is 127 Å². The van der Waals surface area contributed by atoms with E-state index in [0.717, 1.165) is 13.1 Å². The summed E-state index contributed by atoms with van der Waals surface area (Å²) in [6.45, 7) is 4.36. The molecular weight excluding hydrogens is 286 g/mol. The molecule has 0 saturated carbocycles. The fourth-order valence-corrected chi connectivity index (χ4v) is 3.01. The first-order valence-electron chi connectivity index (χ1n) is 6.94. The van der Waals surface area contributed by atoms with Crippen LogP contribution in [0.3, 0.4) is 0 Å². The fourth-order valence-electron chi connectivity index (χ4n) is 2.27. The summed E-state index contributed by atoms with van der Waals surface area (Å²) in [5, 5.41) is 2.06. The van der Waals surface area contributed by atoms with Gasteiger partial charge in [-0.2, -0.15) is 0 Å². The van der Waals surface area contributed by atoms with Gasteiger partial charge in [0.1, 0.15) is 0 Å². The number of hydrogen-bond donors (Lipinski definition) is 0. The highest BCUT2D eigenvalue weighted by molar-refractivity contribution is 7.09. The van der Waals surface area contributed by atoms with Crippen LogP contribution in [-0.2, 0) is 6.54 Å². The summed E-state index contributed by atoms with van der Waals surface area (Å²) in [6.07, 6.45) is 0. The molecule has 0 fully saturated rings. The van der Waals surface area contributed by atoms with Crippen LogP contribution < -0.4 is 9.47 Å². The SMILES string of the molecule is CCN(CC(=O)c1ccc2c(c1)OCO2)Cc1cccs1. The molecule has 0 N–H and O–H groups in total. The zero-order chi connectivity index (χ0) is 14.7. The van der Waals surface area contributed by atoms with Crippen LogP contribution in [0.1, 0.15) is 22.2 Å². The van der Waals surface area contributed by atoms with E-state index in [1.165, 1.54) is 4.88 Å². The second-order valence-electron chi connectivity index (χ2n) is 4.87. The Morgan fingerprint density at radius 3 is 2.90 bits per heavy atom. The van der Waals surface area contributed by atoms with Crippen LogP contribution in [0.2, 0.25) is 0 Å². The van der Waals surface area contributed by atoms with Gasteiger partial charge >= 0.3 is 0 Å². The maximum atomic E-state index is 12.4. The molecule has 110 valence electrons. The van der Waals surface area contributed by atoms with E-state index in [9.17, 15) is 4.79 Å². The standard InChI is InChI=1S/C16H17NO3S/c1-2-17(9-13-4-3-7-21-13)10-14(18)12-5-6-15-16(8-12)20-11-19-15/h3-8H,2,9-11H2,1H3. The van der Waals surface area contributed by atoms with Gasteiger partial charge in [-0.3, -0.25) is 9.69 Å². The van der Waals surface area contributed by atoms with Gasteiger partial charge in [-0.15, -0.1) is 11.3 Å². The lowest BCUT2D eigenvalue weighted by molar-refractivity contribution is 0.0929. The van der Waals surface area contributed by atoms with E-state index >= 15 is 0 Å². The van der Waals surface area contributed by atoms with Crippen molar-refractivity contribution in [2.75, 3.05) is 19.9 Å². The lowest BCUT2D eigenvalue weighted by Crippen LogP contribution is -2.29. The number of fused-ring (bicyclic) bond motifs is 1. The first-order valence-corrected chi connectivity index (χ1v) is 7.82. The Balaban J connectivity index is 1.67. The van der Waals surface area contributed by atoms with Crippen molar-refractivity contribution in [1.82, 2.24) is 4.90 Å². The van der Waals surface area contributed by atoms with Crippen molar-refractivity contribution >= 4 is 17.1 Å². The van der Waals surface area contributed by atoms with Crippen molar-refractivity contribution in [2.45, 2.75) is 13.5 Å². The normalized spacial score (nSPS) is 12.9. The Hall–Kier alpha value is -1.85. The number of carbonyl (C=O) groups excluding carboxylic acids is 1. The Morgan fingerprint density at radius 1 is 1.29 bits per heavy atom. The summed E-state index contributed by atoms with van der Waals surface area (Å²) in [5.41, 5.74) is 0.670. The molecule has 1 aromatic carbocycles. The van der Waals surface area contributed by atoms with Gasteiger partial charge in [0.25, 0.3) is 0 Å². The van der Waals surface area contributed by atoms with Gasteiger partial charge in [-0.25, -0.2) is 0 Å². The van der Waals surface area contributed by atoms with E-state index in [1.807, 2.05) is 6.07 Å². The van der Waals surface area contributed by atoms with E-state index in [-0.39, 0.29) is 12.6 Å². The number of rotatable bonds is 6. The van der Waals surface area contributed by atoms with Crippen molar-refractivity contribution in [1.29, 1.82) is 0 Å². The quantitative estimate of drug-likeness (QED) is 0.768. The van der Waals surface area contributed by atoms with Crippen molar-refractivity contribution < 1.29 is 14.3 Å². The monoisotopic (exact) mass is 303 g/mol. The zero-order valence-corrected chi connectivity index (χ0v) is 12.7. The summed E-state index contributed by atoms with van der Waals surface area (Å²) >= 11 is 1.72. The van der Waals surface area contributed by atoms with Crippen LogP contribution in [0.4, 0.5) is 0 Å². The number of likely N-dealkylation sites (N-methyl/N-ethyl adjacent to an activating group) is 1. The summed E-state index contributed by atoms with van der Waals surface area (Å²) in [7, 11) is 0. The van der Waals surface area contributed by atoms with Crippen LogP contribution in [0.15, 0.2) is 35.7 Å². The number of nitrogens with zero attached hydrogens (tertiary/aromatic N) is 1. The molecule has 1 aliphatic rings. The number of hydrogen-bond acceptors (Lipinski definition) is 5. The molecule has 21 heavy (non-hydrogen) atoms. The van der Waals surface area contributed by atoms with Crippen LogP contribution in [0.25, 0.3) is 0 Å². The largest absolute Gasteiger partial charge is 0.454 e. The first kappa shape index (κ1) is 14.1. The molecule has 0 amide bonds. The molecule has 3 rings (SSSR count). The molecule has 0 radical (unpaired) electrons. The number of thiophene rings is 1. The molecular formula is C16H17NO3S. The van der Waals surface area contributed by atoms with Gasteiger partial charge in [0.2, 0.25) is 6.79 Å². The third-order valence-corrected chi connectivity index (χ3v) is 4.33. The third kappa shape index (κ3) is 3.25. The molecule has 0 atom stereocenters. The van der Waals surface area contributed by atoms with Crippen LogP contribution in [0.5, 0.6) is 11.5 Å². The summed E-state index contributed by atoms with van der Waals surface area (Å²) < 4.78 is 10.6. The first-order chi connectivity index (χ1) is 10.3. The Kier molecular flexibility index (Phi) is 4.22. The summed E-state index contributed by atoms with van der Waals surface area (Å²) in [6, 6.07) is 9.50. The van der Waals surface area contributed by atoms with E-state index in [1.54, 1.807) is 29.5 Å². The zero-order valence-electron chi connectivity index (χ0n) is 11.9. The molecule has 0 saturated heterocycles. The van der Waals surface area contributed by atoms with Gasteiger partial charge in [0.05, 0.1) is 6.54 Å². The van der Waals surface area contributed by atoms with Gasteiger partial charge in [0, 0.05) is 17.0 Å². The molecule has 1 aromatic heterocycles. The second kappa shape index (κ2) is 6.28. The highest BCUT2D eigenvalue weighted by Crippen LogP contribution is 2.32. The molecule has 1 aliphatic heterocycles. The predicted molar refractivity (Wildman–Crippen MR) is 82.2 cm³/mol. The molecule has 0 unspecified atom stereocenters. The highest BCUT2D eigenvalue weighted by Gasteiger charge is 2.17. The maximum absolute atomic E-state index is 12.4. The van der Waals surface area contributed by atoms with E-state index in [0.29, 0.717) is 23.6 Å². The van der Waals surface area contributed by atoms with Gasteiger partial charge in [-0.05, 0) is 36.2 Å². The van der Waals surface area contributed by atoms with Crippen molar-refractivity contribution in [2.24, 2.45) is 0 Å². The molecule has 2 heterocycles. The number of carbonyl (C=O) groups is 1. The van der Waals surface area contributed by atoms with Crippen LogP contribution in [-0.4, -0.2) is 30.6 Å². The van der Waals surface area contributed by atoms with Crippen molar-refractivity contribution in [3.8, 4) is 11.5 Å². The molecule has 0 bridgehead atoms. The minimum Gasteiger partial charge on any atom is -0.454 e. The minimum atomic E-state index is 0.103. The Bertz CT molecular complexity index is 624. The average molecular weight is 303 g/mol. The minimum absolute atomic E-state index is 0.103. The topological polar surface area (TPSA) is 38.8 Å². The van der Waals surface area contributed by atoms with Gasteiger partial charge < -0.3 is 9.47 Å². The van der Waals surface area contributed by atoms with E-state index in [2.05, 4.69) is 23.3 Å². The van der Waals surface area contributed by atoms with Crippen molar-refractivity contribution in [3.63, 3.8) is 0 Å². The third-order valence-electron chi connectivity index (χ3n) is 3.47. The molecule has 2 aromatic rings. The van der Waals surface area contributed by atoms with E-state index < -0.39 is 0 Å². The maximum Gasteiger partial charge on any atom is 0.231 e. The van der Waals surface area contributed by atoms with Gasteiger partial charge in [-0.1, -0.05) is 13.0 Å². The van der Waals surface area contributed by atoms with Crippen molar-refractivity contribution in [3.05, 3.63) is 46.2 Å². The molecule has 0 spiro atoms. The predicted octanol–water partition coefficient (Wildman–Crippen LogP) is 3.18. The van der Waals surface area contributed by atoms with Crippen LogP contribution in [0, 0.1) is 0 Å². The number of Topliss-reactive ketones (excluding diaryl/α,β-unsaturated/α-hetero) is 1. The smallest absolute Gasteiger partial charge is 0.231 e. The fraction of sp³-hybridized carbons (Fsp3) is 0.312. The number of ether oxygens (including phenoxy) is 2. The molecule has 0 aliphatic carbocycles. The van der Waals surface area contributed by atoms with Gasteiger partial charge in [0.15, 0.2) is 17.3 Å². The summed E-state index contributed by atoms with van der Waals surface area (Å²) in [5.74, 6) is 1.46. The number of ketones is 1. The van der Waals surface area contributed by atoms with Crippen LogP contribution >= 0.6 is 11.3 Å². The lowest BCUT2D eigenvalue weighted by atomic mass is 10.1. The number of benzene rings is 1. The lowest BCUT2D eigenvalue weighted by Gasteiger charge is -2.18. The molecule has 4 nitrogen and oxygen atoms in total. The van der Waals surface area contributed by atoms with E-state index in [4.69, 9.17) is 9.47 Å². The summed E-state index contributed by atoms with van der Waals surface area (Å²) in [4.78, 5) is 15.8. The average Bonchev–Trinajstić information content (AvgIpc) is 3.16. The second-order valence-corrected chi connectivity index (χ2v) is 5.91.